The van der Waals surface area contributed by atoms with E-state index in [1.807, 2.05) is 91.0 Å². The highest BCUT2D eigenvalue weighted by molar-refractivity contribution is 5.73. The molecule has 3 aromatic rings. The fourth-order valence-corrected chi connectivity index (χ4v) is 7.05. The summed E-state index contributed by atoms with van der Waals surface area (Å²) in [4.78, 5) is 49.8. The molecule has 306 valence electrons. The van der Waals surface area contributed by atoms with E-state index < -0.39 is 98.1 Å². The number of nitrogens with one attached hydrogen (secondary N) is 1. The van der Waals surface area contributed by atoms with Crippen LogP contribution in [0.4, 0.5) is 0 Å². The first-order valence-electron chi connectivity index (χ1n) is 18.9. The zero-order chi connectivity index (χ0) is 40.3. The summed E-state index contributed by atoms with van der Waals surface area (Å²) in [6, 6.07) is 27.5. The van der Waals surface area contributed by atoms with Gasteiger partial charge in [0.2, 0.25) is 5.91 Å². The summed E-state index contributed by atoms with van der Waals surface area (Å²) in [7, 11) is 0. The van der Waals surface area contributed by atoms with Gasteiger partial charge in [0.15, 0.2) is 31.1 Å². The van der Waals surface area contributed by atoms with Crippen molar-refractivity contribution in [2.75, 3.05) is 13.2 Å². The van der Waals surface area contributed by atoms with Crippen molar-refractivity contribution in [1.29, 1.82) is 0 Å². The normalized spacial score (nSPS) is 29.6. The van der Waals surface area contributed by atoms with Crippen LogP contribution in [0.1, 0.15) is 44.4 Å². The van der Waals surface area contributed by atoms with Gasteiger partial charge in [0, 0.05) is 34.1 Å². The summed E-state index contributed by atoms with van der Waals surface area (Å²) in [6.45, 7) is 4.82. The Morgan fingerprint density at radius 2 is 1.21 bits per heavy atom. The molecule has 0 spiro atoms. The van der Waals surface area contributed by atoms with Gasteiger partial charge in [-0.15, -0.1) is 0 Å². The van der Waals surface area contributed by atoms with Gasteiger partial charge in [0.05, 0.1) is 19.8 Å². The maximum absolute atomic E-state index is 12.8. The average molecular weight is 792 g/mol. The molecule has 3 aliphatic rings. The van der Waals surface area contributed by atoms with Crippen LogP contribution in [0.15, 0.2) is 91.0 Å². The molecule has 3 aromatic carbocycles. The van der Waals surface area contributed by atoms with Crippen molar-refractivity contribution in [2.45, 2.75) is 115 Å². The Morgan fingerprint density at radius 3 is 1.79 bits per heavy atom. The monoisotopic (exact) mass is 791 g/mol. The molecule has 0 radical (unpaired) electrons. The lowest BCUT2D eigenvalue weighted by Gasteiger charge is -2.51. The zero-order valence-corrected chi connectivity index (χ0v) is 32.3. The fraction of sp³-hybridized carbons (Fsp3) is 0.476. The van der Waals surface area contributed by atoms with Crippen molar-refractivity contribution in [3.63, 3.8) is 0 Å². The molecule has 11 atom stereocenters. The molecule has 0 bridgehead atoms. The van der Waals surface area contributed by atoms with E-state index in [1.165, 1.54) is 27.7 Å². The van der Waals surface area contributed by atoms with E-state index in [9.17, 15) is 19.2 Å². The van der Waals surface area contributed by atoms with Crippen molar-refractivity contribution >= 4 is 23.8 Å². The highest BCUT2D eigenvalue weighted by Crippen LogP contribution is 2.37. The summed E-state index contributed by atoms with van der Waals surface area (Å²) < 4.78 is 62.5. The maximum atomic E-state index is 12.8. The Bertz CT molecular complexity index is 1760. The quantitative estimate of drug-likeness (QED) is 0.175. The number of fused-ring (bicyclic) bond motifs is 1. The smallest absolute Gasteiger partial charge is 0.303 e. The molecule has 15 nitrogen and oxygen atoms in total. The van der Waals surface area contributed by atoms with E-state index in [0.29, 0.717) is 6.42 Å². The molecule has 0 saturated carbocycles. The molecule has 3 fully saturated rings. The van der Waals surface area contributed by atoms with Crippen molar-refractivity contribution in [3.8, 4) is 0 Å². The van der Waals surface area contributed by atoms with E-state index >= 15 is 0 Å². The van der Waals surface area contributed by atoms with Gasteiger partial charge in [-0.25, -0.2) is 0 Å². The fourth-order valence-electron chi connectivity index (χ4n) is 7.05. The topological polar surface area (TPSA) is 173 Å². The average Bonchev–Trinajstić information content (AvgIpc) is 3.19. The third-order valence-corrected chi connectivity index (χ3v) is 9.50. The van der Waals surface area contributed by atoms with Gasteiger partial charge in [-0.1, -0.05) is 91.0 Å². The Balaban J connectivity index is 1.39. The summed E-state index contributed by atoms with van der Waals surface area (Å²) in [5.74, 6) is -2.62. The van der Waals surface area contributed by atoms with Crippen molar-refractivity contribution in [1.82, 2.24) is 5.32 Å². The first kappa shape index (κ1) is 41.9. The molecule has 3 aliphatic heterocycles. The maximum Gasteiger partial charge on any atom is 0.303 e. The number of hydrogen-bond acceptors (Lipinski definition) is 14. The molecule has 57 heavy (non-hydrogen) atoms. The number of hydrogen-bond donors (Lipinski definition) is 1. The van der Waals surface area contributed by atoms with Crippen molar-refractivity contribution < 1.29 is 66.5 Å². The Labute approximate surface area is 331 Å². The molecule has 1 amide bonds. The van der Waals surface area contributed by atoms with Crippen LogP contribution in [0.5, 0.6) is 0 Å². The number of esters is 3. The van der Waals surface area contributed by atoms with E-state index in [4.69, 9.17) is 47.4 Å². The van der Waals surface area contributed by atoms with Crippen LogP contribution in [0.2, 0.25) is 0 Å². The molecule has 6 rings (SSSR count). The highest BCUT2D eigenvalue weighted by atomic mass is 16.8. The molecule has 15 heteroatoms. The van der Waals surface area contributed by atoms with Crippen LogP contribution in [-0.4, -0.2) is 105 Å². The van der Waals surface area contributed by atoms with Gasteiger partial charge in [0.1, 0.15) is 43.2 Å². The number of ether oxygens (including phenoxy) is 10. The lowest BCUT2D eigenvalue weighted by atomic mass is 9.94. The first-order chi connectivity index (χ1) is 27.5. The summed E-state index contributed by atoms with van der Waals surface area (Å²) in [5.41, 5.74) is 2.73. The van der Waals surface area contributed by atoms with Gasteiger partial charge in [-0.05, 0) is 16.7 Å². The second kappa shape index (κ2) is 20.1. The third-order valence-electron chi connectivity index (χ3n) is 9.50. The number of rotatable bonds is 15. The van der Waals surface area contributed by atoms with Crippen LogP contribution >= 0.6 is 0 Å². The SMILES string of the molecule is CC(=O)NC1C(OC2C3OC(Cc4ccccc4)OCC3OC(OCc3ccccc3)C2OCc2ccccc2)OC(COC(C)=O)C(OC(C)=O)C1OC(C)=O. The summed E-state index contributed by atoms with van der Waals surface area (Å²) >= 11 is 0. The van der Waals surface area contributed by atoms with E-state index in [1.54, 1.807) is 0 Å². The van der Waals surface area contributed by atoms with Crippen molar-refractivity contribution in [2.24, 2.45) is 0 Å². The molecule has 3 saturated heterocycles. The minimum Gasteiger partial charge on any atom is -0.463 e. The van der Waals surface area contributed by atoms with E-state index in [-0.39, 0.29) is 19.8 Å². The van der Waals surface area contributed by atoms with E-state index in [0.717, 1.165) is 16.7 Å². The zero-order valence-electron chi connectivity index (χ0n) is 32.3. The second-order valence-electron chi connectivity index (χ2n) is 14.0. The first-order valence-corrected chi connectivity index (χ1v) is 18.9. The van der Waals surface area contributed by atoms with Gasteiger partial charge in [-0.2, -0.15) is 0 Å². The molecular weight excluding hydrogens is 742 g/mol. The van der Waals surface area contributed by atoms with Gasteiger partial charge in [0.25, 0.3) is 0 Å². The lowest BCUT2D eigenvalue weighted by molar-refractivity contribution is -0.390. The predicted molar refractivity (Wildman–Crippen MR) is 199 cm³/mol. The second-order valence-corrected chi connectivity index (χ2v) is 14.0. The van der Waals surface area contributed by atoms with Crippen molar-refractivity contribution in [3.05, 3.63) is 108 Å². The number of carbonyl (C=O) groups is 4. The van der Waals surface area contributed by atoms with E-state index in [2.05, 4.69) is 5.32 Å². The van der Waals surface area contributed by atoms with Crippen LogP contribution in [0.25, 0.3) is 0 Å². The predicted octanol–water partition coefficient (Wildman–Crippen LogP) is 3.54. The molecule has 0 aromatic heterocycles. The molecule has 11 unspecified atom stereocenters. The molecular formula is C42H49NO14. The minimum atomic E-state index is -1.43. The Kier molecular flexibility index (Phi) is 14.8. The molecule has 0 aliphatic carbocycles. The van der Waals surface area contributed by atoms with Gasteiger partial charge >= 0.3 is 17.9 Å². The van der Waals surface area contributed by atoms with Crippen LogP contribution in [0, 0.1) is 0 Å². The summed E-state index contributed by atoms with van der Waals surface area (Å²) in [5, 5.41) is 2.78. The Morgan fingerprint density at radius 1 is 0.632 bits per heavy atom. The van der Waals surface area contributed by atoms with Crippen LogP contribution in [0.3, 0.4) is 0 Å². The number of benzene rings is 3. The number of amides is 1. The minimum absolute atomic E-state index is 0.110. The standard InChI is InChI=1S/C42H49NO14/c1-25(44)43-35-38(53-28(4)47)36(52-27(3)46)32(23-48-26(2)45)54-41(35)57-39-37-33(24-49-34(56-37)20-29-14-8-5-9-15-29)55-42(51-22-31-18-12-7-13-19-31)40(39)50-21-30-16-10-6-11-17-30/h5-19,32-42H,20-24H2,1-4H3,(H,43,44). The largest absolute Gasteiger partial charge is 0.463 e. The molecule has 3 heterocycles. The van der Waals surface area contributed by atoms with Gasteiger partial charge < -0.3 is 52.7 Å². The Hall–Kier alpha value is -4.74. The van der Waals surface area contributed by atoms with Crippen LogP contribution < -0.4 is 5.32 Å². The molecule has 1 N–H and O–H groups in total. The van der Waals surface area contributed by atoms with Gasteiger partial charge in [-0.3, -0.25) is 19.2 Å². The number of carbonyl (C=O) groups excluding carboxylic acids is 4. The lowest BCUT2D eigenvalue weighted by Crippen LogP contribution is -2.70. The summed E-state index contributed by atoms with van der Waals surface area (Å²) in [6.07, 6.45) is -10.2. The van der Waals surface area contributed by atoms with Crippen LogP contribution in [-0.2, 0) is 86.2 Å². The highest BCUT2D eigenvalue weighted by Gasteiger charge is 2.57. The third kappa shape index (κ3) is 11.7.